The lowest BCUT2D eigenvalue weighted by Crippen LogP contribution is -2.11. The summed E-state index contributed by atoms with van der Waals surface area (Å²) < 4.78 is 10.1. The molecule has 0 aliphatic rings. The van der Waals surface area contributed by atoms with Crippen molar-refractivity contribution in [2.75, 3.05) is 6.61 Å². The molecule has 0 aliphatic carbocycles. The maximum absolute atomic E-state index is 11.7. The van der Waals surface area contributed by atoms with Crippen molar-refractivity contribution in [2.24, 2.45) is 0 Å². The Morgan fingerprint density at radius 1 is 1.05 bits per heavy atom. The molecule has 116 valence electrons. The minimum absolute atomic E-state index is 0.102. The van der Waals surface area contributed by atoms with E-state index in [-0.39, 0.29) is 34.6 Å². The zero-order valence-corrected chi connectivity index (χ0v) is 13.4. The lowest BCUT2D eigenvalue weighted by atomic mass is 10.2. The third-order valence-electron chi connectivity index (χ3n) is 2.66. The van der Waals surface area contributed by atoms with Gasteiger partial charge in [0.25, 0.3) is 0 Å². The largest absolute Gasteiger partial charge is 0.466 e. The average molecular weight is 333 g/mol. The normalized spacial score (nSPS) is 10.2. The standard InChI is InChI=1S/C15H18Cl2O4/c1-2-3-10-20-13(18)8-5-9-14(19)21-15-11(16)6-4-7-12(15)17/h4,6-7H,2-3,5,8-10H2,1H3. The van der Waals surface area contributed by atoms with E-state index in [0.29, 0.717) is 13.0 Å². The van der Waals surface area contributed by atoms with Crippen LogP contribution in [0.2, 0.25) is 10.0 Å². The summed E-state index contributed by atoms with van der Waals surface area (Å²) in [5.41, 5.74) is 0. The molecule has 0 unspecified atom stereocenters. The minimum atomic E-state index is -0.480. The van der Waals surface area contributed by atoms with Crippen LogP contribution in [0.5, 0.6) is 5.75 Å². The number of carbonyl (C=O) groups is 2. The highest BCUT2D eigenvalue weighted by molar-refractivity contribution is 6.37. The van der Waals surface area contributed by atoms with Crippen molar-refractivity contribution in [2.45, 2.75) is 39.0 Å². The van der Waals surface area contributed by atoms with Crippen molar-refractivity contribution >= 4 is 35.1 Å². The van der Waals surface area contributed by atoms with Crippen molar-refractivity contribution in [3.63, 3.8) is 0 Å². The number of unbranched alkanes of at least 4 members (excludes halogenated alkanes) is 1. The Labute approximate surface area is 134 Å². The van der Waals surface area contributed by atoms with E-state index in [4.69, 9.17) is 32.7 Å². The fraction of sp³-hybridized carbons (Fsp3) is 0.467. The quantitative estimate of drug-likeness (QED) is 0.402. The molecule has 0 fully saturated rings. The van der Waals surface area contributed by atoms with Crippen LogP contribution >= 0.6 is 23.2 Å². The molecule has 0 saturated heterocycles. The van der Waals surface area contributed by atoms with E-state index in [9.17, 15) is 9.59 Å². The number of hydrogen-bond donors (Lipinski definition) is 0. The summed E-state index contributed by atoms with van der Waals surface area (Å²) in [6, 6.07) is 4.83. The second-order valence-corrected chi connectivity index (χ2v) is 5.27. The van der Waals surface area contributed by atoms with Crippen LogP contribution in [0.25, 0.3) is 0 Å². The van der Waals surface area contributed by atoms with Gasteiger partial charge in [0.2, 0.25) is 0 Å². The first-order valence-electron chi connectivity index (χ1n) is 6.85. The molecule has 1 aromatic rings. The first kappa shape index (κ1) is 17.8. The van der Waals surface area contributed by atoms with Crippen molar-refractivity contribution in [3.05, 3.63) is 28.2 Å². The molecule has 0 aromatic heterocycles. The lowest BCUT2D eigenvalue weighted by Gasteiger charge is -2.08. The zero-order chi connectivity index (χ0) is 15.7. The topological polar surface area (TPSA) is 52.6 Å². The van der Waals surface area contributed by atoms with Crippen LogP contribution in [-0.4, -0.2) is 18.5 Å². The molecule has 0 N–H and O–H groups in total. The van der Waals surface area contributed by atoms with Gasteiger partial charge in [0.15, 0.2) is 5.75 Å². The van der Waals surface area contributed by atoms with Gasteiger partial charge in [-0.05, 0) is 25.0 Å². The number of hydrogen-bond acceptors (Lipinski definition) is 4. The van der Waals surface area contributed by atoms with E-state index < -0.39 is 5.97 Å². The molecule has 0 spiro atoms. The average Bonchev–Trinajstić information content (AvgIpc) is 2.43. The summed E-state index contributed by atoms with van der Waals surface area (Å²) in [6.07, 6.45) is 2.47. The van der Waals surface area contributed by atoms with Gasteiger partial charge in [-0.15, -0.1) is 0 Å². The van der Waals surface area contributed by atoms with Crippen LogP contribution in [0.15, 0.2) is 18.2 Å². The van der Waals surface area contributed by atoms with Crippen molar-refractivity contribution in [1.82, 2.24) is 0 Å². The summed E-state index contributed by atoms with van der Waals surface area (Å²) in [4.78, 5) is 23.0. The SMILES string of the molecule is CCCCOC(=O)CCCC(=O)Oc1c(Cl)cccc1Cl. The summed E-state index contributed by atoms with van der Waals surface area (Å²) in [6.45, 7) is 2.44. The first-order valence-corrected chi connectivity index (χ1v) is 7.60. The van der Waals surface area contributed by atoms with Gasteiger partial charge in [0.05, 0.1) is 16.7 Å². The number of carbonyl (C=O) groups excluding carboxylic acids is 2. The Hall–Kier alpha value is -1.26. The highest BCUT2D eigenvalue weighted by atomic mass is 35.5. The molecule has 0 atom stereocenters. The van der Waals surface area contributed by atoms with Crippen LogP contribution in [0.1, 0.15) is 39.0 Å². The third kappa shape index (κ3) is 6.82. The molecule has 0 bridgehead atoms. The number of para-hydroxylation sites is 1. The number of benzene rings is 1. The Morgan fingerprint density at radius 2 is 1.67 bits per heavy atom. The van der Waals surface area contributed by atoms with Crippen LogP contribution in [0.3, 0.4) is 0 Å². The maximum atomic E-state index is 11.7. The van der Waals surface area contributed by atoms with Gasteiger partial charge >= 0.3 is 11.9 Å². The number of halogens is 2. The number of rotatable bonds is 8. The molecule has 0 heterocycles. The fourth-order valence-corrected chi connectivity index (χ4v) is 2.00. The van der Waals surface area contributed by atoms with Crippen LogP contribution in [0.4, 0.5) is 0 Å². The van der Waals surface area contributed by atoms with Crippen LogP contribution < -0.4 is 4.74 Å². The van der Waals surface area contributed by atoms with Gasteiger partial charge in [-0.3, -0.25) is 9.59 Å². The highest BCUT2D eigenvalue weighted by Gasteiger charge is 2.13. The lowest BCUT2D eigenvalue weighted by molar-refractivity contribution is -0.144. The number of ether oxygens (including phenoxy) is 2. The van der Waals surface area contributed by atoms with E-state index in [1.165, 1.54) is 0 Å². The molecule has 0 saturated carbocycles. The zero-order valence-electron chi connectivity index (χ0n) is 11.9. The van der Waals surface area contributed by atoms with E-state index in [1.54, 1.807) is 18.2 Å². The third-order valence-corrected chi connectivity index (χ3v) is 3.25. The van der Waals surface area contributed by atoms with E-state index in [2.05, 4.69) is 0 Å². The van der Waals surface area contributed by atoms with Crippen molar-refractivity contribution in [1.29, 1.82) is 0 Å². The molecule has 6 heteroatoms. The molecule has 0 radical (unpaired) electrons. The van der Waals surface area contributed by atoms with Gasteiger partial charge in [-0.2, -0.15) is 0 Å². The van der Waals surface area contributed by atoms with Gasteiger partial charge in [-0.25, -0.2) is 0 Å². The molecule has 1 aromatic carbocycles. The van der Waals surface area contributed by atoms with Gasteiger partial charge in [0, 0.05) is 12.8 Å². The Kier molecular flexibility index (Phi) is 8.16. The molecule has 1 rings (SSSR count). The van der Waals surface area contributed by atoms with Gasteiger partial charge in [0.1, 0.15) is 0 Å². The second-order valence-electron chi connectivity index (χ2n) is 4.45. The second kappa shape index (κ2) is 9.64. The molecular formula is C15H18Cl2O4. The predicted molar refractivity (Wildman–Crippen MR) is 81.8 cm³/mol. The minimum Gasteiger partial charge on any atom is -0.466 e. The molecule has 4 nitrogen and oxygen atoms in total. The molecular weight excluding hydrogens is 315 g/mol. The molecule has 0 aliphatic heterocycles. The van der Waals surface area contributed by atoms with Crippen LogP contribution in [-0.2, 0) is 14.3 Å². The Morgan fingerprint density at radius 3 is 2.29 bits per heavy atom. The highest BCUT2D eigenvalue weighted by Crippen LogP contribution is 2.32. The maximum Gasteiger partial charge on any atom is 0.311 e. The van der Waals surface area contributed by atoms with Crippen LogP contribution in [0, 0.1) is 0 Å². The van der Waals surface area contributed by atoms with E-state index >= 15 is 0 Å². The molecule has 21 heavy (non-hydrogen) atoms. The summed E-state index contributed by atoms with van der Waals surface area (Å²) >= 11 is 11.8. The monoisotopic (exact) mass is 332 g/mol. The fourth-order valence-electron chi connectivity index (χ4n) is 1.52. The predicted octanol–water partition coefficient (Wildman–Crippen LogP) is 4.41. The Balaban J connectivity index is 2.30. The molecule has 0 amide bonds. The summed E-state index contributed by atoms with van der Waals surface area (Å²) in [5, 5.41) is 0.546. The number of esters is 2. The van der Waals surface area contributed by atoms with Crippen molar-refractivity contribution < 1.29 is 19.1 Å². The summed E-state index contributed by atoms with van der Waals surface area (Å²) in [7, 11) is 0. The van der Waals surface area contributed by atoms with E-state index in [1.807, 2.05) is 6.92 Å². The Bertz CT molecular complexity index is 468. The van der Waals surface area contributed by atoms with Gasteiger partial charge < -0.3 is 9.47 Å². The van der Waals surface area contributed by atoms with Gasteiger partial charge in [-0.1, -0.05) is 42.6 Å². The smallest absolute Gasteiger partial charge is 0.311 e. The van der Waals surface area contributed by atoms with E-state index in [0.717, 1.165) is 12.8 Å². The summed E-state index contributed by atoms with van der Waals surface area (Å²) in [5.74, 6) is -0.630. The first-order chi connectivity index (χ1) is 10.0. The van der Waals surface area contributed by atoms with Crippen molar-refractivity contribution in [3.8, 4) is 5.75 Å².